The van der Waals surface area contributed by atoms with Crippen LogP contribution in [0.4, 0.5) is 4.79 Å². The lowest BCUT2D eigenvalue weighted by Crippen LogP contribution is -2.36. The fourth-order valence-electron chi connectivity index (χ4n) is 2.07. The van der Waals surface area contributed by atoms with Crippen molar-refractivity contribution in [1.29, 1.82) is 0 Å². The summed E-state index contributed by atoms with van der Waals surface area (Å²) < 4.78 is 5.75. The van der Waals surface area contributed by atoms with E-state index in [4.69, 9.17) is 4.74 Å². The zero-order valence-electron chi connectivity index (χ0n) is 13.9. The first-order valence-electron chi connectivity index (χ1n) is 7.66. The third-order valence-corrected chi connectivity index (χ3v) is 4.27. The minimum atomic E-state index is -0.218. The average molecular weight is 333 g/mol. The maximum Gasteiger partial charge on any atom is 0.315 e. The number of nitrogens with zero attached hydrogens (tertiary/aromatic N) is 1. The number of aromatic nitrogens is 1. The Morgan fingerprint density at radius 2 is 2.04 bits per heavy atom. The summed E-state index contributed by atoms with van der Waals surface area (Å²) in [6.07, 6.45) is 0.0955. The van der Waals surface area contributed by atoms with Crippen molar-refractivity contribution in [1.82, 2.24) is 15.6 Å². The highest BCUT2D eigenvalue weighted by atomic mass is 32.1. The third kappa shape index (κ3) is 5.25. The van der Waals surface area contributed by atoms with Crippen LogP contribution in [0.15, 0.2) is 29.6 Å². The van der Waals surface area contributed by atoms with Gasteiger partial charge in [0.05, 0.1) is 12.1 Å². The Labute approximate surface area is 141 Å². The zero-order chi connectivity index (χ0) is 16.8. The van der Waals surface area contributed by atoms with Crippen LogP contribution in [0.5, 0.6) is 5.75 Å². The number of hydrogen-bond donors (Lipinski definition) is 2. The number of urea groups is 1. The van der Waals surface area contributed by atoms with Crippen LogP contribution in [0, 0.1) is 6.92 Å². The summed E-state index contributed by atoms with van der Waals surface area (Å²) in [5.74, 6) is 0.798. The second-order valence-electron chi connectivity index (χ2n) is 5.65. The highest BCUT2D eigenvalue weighted by molar-refractivity contribution is 7.09. The first kappa shape index (κ1) is 17.3. The lowest BCUT2D eigenvalue weighted by molar-refractivity contribution is 0.234. The summed E-state index contributed by atoms with van der Waals surface area (Å²) in [5.41, 5.74) is 1.92. The summed E-state index contributed by atoms with van der Waals surface area (Å²) in [6, 6.07) is 7.39. The minimum absolute atomic E-state index is 0.0955. The molecule has 1 atom stereocenters. The quantitative estimate of drug-likeness (QED) is 0.845. The lowest BCUT2D eigenvalue weighted by Gasteiger charge is -2.16. The van der Waals surface area contributed by atoms with Crippen molar-refractivity contribution in [2.24, 2.45) is 0 Å². The lowest BCUT2D eigenvalue weighted by atomic mass is 10.2. The molecular weight excluding hydrogens is 310 g/mol. The Bertz CT molecular complexity index is 655. The average Bonchev–Trinajstić information content (AvgIpc) is 2.92. The molecule has 0 aliphatic heterocycles. The Balaban J connectivity index is 1.89. The molecule has 0 radical (unpaired) electrons. The number of aryl methyl sites for hydroxylation is 1. The molecule has 1 heterocycles. The van der Waals surface area contributed by atoms with E-state index in [2.05, 4.69) is 15.6 Å². The summed E-state index contributed by atoms with van der Waals surface area (Å²) in [4.78, 5) is 16.4. The molecule has 0 fully saturated rings. The van der Waals surface area contributed by atoms with Gasteiger partial charge in [-0.15, -0.1) is 11.3 Å². The van der Waals surface area contributed by atoms with E-state index < -0.39 is 0 Å². The molecule has 0 aliphatic carbocycles. The van der Waals surface area contributed by atoms with Crippen LogP contribution in [0.2, 0.25) is 0 Å². The monoisotopic (exact) mass is 333 g/mol. The van der Waals surface area contributed by atoms with Crippen LogP contribution in [-0.4, -0.2) is 17.1 Å². The largest absolute Gasteiger partial charge is 0.491 e. The van der Waals surface area contributed by atoms with E-state index in [1.54, 1.807) is 11.3 Å². The molecular formula is C17H23N3O2S. The van der Waals surface area contributed by atoms with Crippen LogP contribution in [0.25, 0.3) is 0 Å². The zero-order valence-corrected chi connectivity index (χ0v) is 14.7. The number of carbonyl (C=O) groups excluding carboxylic acids is 1. The molecule has 0 bridgehead atoms. The standard InChI is InChI=1S/C17H23N3O2S/c1-11(2)22-15-8-6-5-7-14(15)9-18-17(21)20-13(4)16-19-12(3)10-23-16/h5-8,10-11,13H,9H2,1-4H3,(H2,18,20,21)/t13-/m0/s1. The van der Waals surface area contributed by atoms with Gasteiger partial charge in [-0.2, -0.15) is 0 Å². The van der Waals surface area contributed by atoms with Gasteiger partial charge in [0.25, 0.3) is 0 Å². The summed E-state index contributed by atoms with van der Waals surface area (Å²) in [6.45, 7) is 8.24. The second kappa shape index (κ2) is 7.97. The van der Waals surface area contributed by atoms with Gasteiger partial charge in [-0.25, -0.2) is 9.78 Å². The Morgan fingerprint density at radius 1 is 1.30 bits per heavy atom. The van der Waals surface area contributed by atoms with Gasteiger partial charge >= 0.3 is 6.03 Å². The van der Waals surface area contributed by atoms with Gasteiger partial charge in [0.1, 0.15) is 10.8 Å². The number of para-hydroxylation sites is 1. The molecule has 1 aromatic carbocycles. The molecule has 2 rings (SSSR count). The summed E-state index contributed by atoms with van der Waals surface area (Å²) >= 11 is 1.55. The van der Waals surface area contributed by atoms with Crippen LogP contribution < -0.4 is 15.4 Å². The second-order valence-corrected chi connectivity index (χ2v) is 6.54. The van der Waals surface area contributed by atoms with Crippen molar-refractivity contribution in [3.8, 4) is 5.75 Å². The normalized spacial score (nSPS) is 12.0. The molecule has 1 aromatic heterocycles. The highest BCUT2D eigenvalue weighted by Gasteiger charge is 2.13. The summed E-state index contributed by atoms with van der Waals surface area (Å²) in [7, 11) is 0. The van der Waals surface area contributed by atoms with Gasteiger partial charge in [-0.05, 0) is 33.8 Å². The first-order chi connectivity index (χ1) is 11.0. The Hall–Kier alpha value is -2.08. The van der Waals surface area contributed by atoms with Crippen molar-refractivity contribution in [3.05, 3.63) is 45.9 Å². The van der Waals surface area contributed by atoms with E-state index in [1.807, 2.05) is 57.3 Å². The smallest absolute Gasteiger partial charge is 0.315 e. The van der Waals surface area contributed by atoms with E-state index in [-0.39, 0.29) is 18.2 Å². The predicted molar refractivity (Wildman–Crippen MR) is 92.8 cm³/mol. The minimum Gasteiger partial charge on any atom is -0.491 e. The number of benzene rings is 1. The fourth-order valence-corrected chi connectivity index (χ4v) is 2.88. The highest BCUT2D eigenvalue weighted by Crippen LogP contribution is 2.19. The van der Waals surface area contributed by atoms with E-state index in [0.29, 0.717) is 6.54 Å². The number of carbonyl (C=O) groups is 1. The van der Waals surface area contributed by atoms with E-state index in [9.17, 15) is 4.79 Å². The number of hydrogen-bond acceptors (Lipinski definition) is 4. The van der Waals surface area contributed by atoms with Crippen LogP contribution >= 0.6 is 11.3 Å². The number of nitrogens with one attached hydrogen (secondary N) is 2. The van der Waals surface area contributed by atoms with Gasteiger partial charge in [-0.1, -0.05) is 18.2 Å². The maximum absolute atomic E-state index is 12.1. The summed E-state index contributed by atoms with van der Waals surface area (Å²) in [5, 5.41) is 8.64. The molecule has 2 amide bonds. The van der Waals surface area contributed by atoms with E-state index in [1.165, 1.54) is 0 Å². The van der Waals surface area contributed by atoms with Crippen molar-refractivity contribution in [2.75, 3.05) is 0 Å². The van der Waals surface area contributed by atoms with Crippen molar-refractivity contribution in [3.63, 3.8) is 0 Å². The molecule has 0 aliphatic rings. The van der Waals surface area contributed by atoms with Crippen LogP contribution in [-0.2, 0) is 6.54 Å². The van der Waals surface area contributed by atoms with Gasteiger partial charge < -0.3 is 15.4 Å². The van der Waals surface area contributed by atoms with Crippen molar-refractivity contribution >= 4 is 17.4 Å². The topological polar surface area (TPSA) is 63.2 Å². The van der Waals surface area contributed by atoms with Crippen molar-refractivity contribution < 1.29 is 9.53 Å². The van der Waals surface area contributed by atoms with Gasteiger partial charge in [0.2, 0.25) is 0 Å². The molecule has 0 unspecified atom stereocenters. The van der Waals surface area contributed by atoms with Gasteiger partial charge in [-0.3, -0.25) is 0 Å². The molecule has 0 saturated heterocycles. The third-order valence-electron chi connectivity index (χ3n) is 3.13. The Kier molecular flexibility index (Phi) is 5.98. The number of rotatable bonds is 6. The molecule has 2 N–H and O–H groups in total. The fraction of sp³-hybridized carbons (Fsp3) is 0.412. The molecule has 124 valence electrons. The van der Waals surface area contributed by atoms with E-state index >= 15 is 0 Å². The molecule has 2 aromatic rings. The first-order valence-corrected chi connectivity index (χ1v) is 8.54. The van der Waals surface area contributed by atoms with Gasteiger partial charge in [0.15, 0.2) is 0 Å². The molecule has 23 heavy (non-hydrogen) atoms. The van der Waals surface area contributed by atoms with Gasteiger partial charge in [0, 0.05) is 23.2 Å². The van der Waals surface area contributed by atoms with Crippen molar-refractivity contribution in [2.45, 2.75) is 46.4 Å². The SMILES string of the molecule is Cc1csc([C@H](C)NC(=O)NCc2ccccc2OC(C)C)n1. The number of ether oxygens (including phenoxy) is 1. The number of thiazole rings is 1. The molecule has 5 nitrogen and oxygen atoms in total. The molecule has 0 spiro atoms. The number of amides is 2. The van der Waals surface area contributed by atoms with E-state index in [0.717, 1.165) is 22.0 Å². The molecule has 6 heteroatoms. The predicted octanol–water partition coefficient (Wildman–Crippen LogP) is 3.80. The Morgan fingerprint density at radius 3 is 2.70 bits per heavy atom. The maximum atomic E-state index is 12.1. The molecule has 0 saturated carbocycles. The van der Waals surface area contributed by atoms with Crippen LogP contribution in [0.3, 0.4) is 0 Å². The van der Waals surface area contributed by atoms with Crippen LogP contribution in [0.1, 0.15) is 43.1 Å².